The number of piperidine rings is 1. The Bertz CT molecular complexity index is 953. The third-order valence-electron chi connectivity index (χ3n) is 6.05. The molecule has 2 aromatic rings. The molecule has 0 unspecified atom stereocenters. The molecule has 9 heteroatoms. The van der Waals surface area contributed by atoms with Gasteiger partial charge in [0.05, 0.1) is 29.7 Å². The standard InChI is InChI=1S/C21H25F2N5O2/c1-27(2)21(30)12-8-18(29)13(7-14(12)22)16-9-25-19(10-24-16)28(3)17-6-11-4-5-15(26-11)20(17)23/h7-11,15,17,20,26,29H,4-6H2,1-3H3/t11-,15+,17-,20+/m0/s1. The van der Waals surface area contributed by atoms with Gasteiger partial charge >= 0.3 is 0 Å². The number of anilines is 1. The van der Waals surface area contributed by atoms with E-state index in [1.54, 1.807) is 11.9 Å². The molecule has 2 aliphatic rings. The number of amides is 1. The molecule has 1 aromatic carbocycles. The molecule has 4 rings (SSSR count). The fourth-order valence-electron chi connectivity index (χ4n) is 4.33. The van der Waals surface area contributed by atoms with E-state index >= 15 is 0 Å². The summed E-state index contributed by atoms with van der Waals surface area (Å²) in [6.07, 6.45) is 4.44. The van der Waals surface area contributed by atoms with E-state index < -0.39 is 17.9 Å². The molecule has 7 nitrogen and oxygen atoms in total. The van der Waals surface area contributed by atoms with Crippen LogP contribution in [0.15, 0.2) is 24.5 Å². The Balaban J connectivity index is 1.56. The second-order valence-electron chi connectivity index (χ2n) is 8.21. The Hall–Kier alpha value is -2.81. The Morgan fingerprint density at radius 2 is 1.97 bits per heavy atom. The SMILES string of the molecule is CN(C)C(=O)c1cc(O)c(-c2cnc(N(C)[C@H]3C[C@@H]4CC[C@@H](N4)[C@H]3F)cn2)cc1F. The molecule has 3 heterocycles. The van der Waals surface area contributed by atoms with Crippen molar-refractivity contribution in [2.75, 3.05) is 26.0 Å². The number of fused-ring (bicyclic) bond motifs is 2. The molecule has 0 aliphatic carbocycles. The third kappa shape index (κ3) is 3.58. The van der Waals surface area contributed by atoms with Crippen molar-refractivity contribution in [2.24, 2.45) is 0 Å². The number of nitrogens with zero attached hydrogens (tertiary/aromatic N) is 4. The van der Waals surface area contributed by atoms with Crippen LogP contribution in [-0.2, 0) is 0 Å². The van der Waals surface area contributed by atoms with Gasteiger partial charge in [-0.05, 0) is 31.4 Å². The van der Waals surface area contributed by atoms with Crippen molar-refractivity contribution in [2.45, 2.75) is 43.6 Å². The molecule has 2 N–H and O–H groups in total. The monoisotopic (exact) mass is 417 g/mol. The molecule has 0 radical (unpaired) electrons. The average Bonchev–Trinajstić information content (AvgIpc) is 3.14. The highest BCUT2D eigenvalue weighted by Gasteiger charge is 2.43. The first-order valence-corrected chi connectivity index (χ1v) is 9.95. The molecule has 4 atom stereocenters. The lowest BCUT2D eigenvalue weighted by atomic mass is 9.96. The number of halogens is 2. The van der Waals surface area contributed by atoms with Crippen LogP contribution in [0.25, 0.3) is 11.3 Å². The zero-order chi connectivity index (χ0) is 21.6. The van der Waals surface area contributed by atoms with Gasteiger partial charge in [-0.15, -0.1) is 0 Å². The number of hydrogen-bond donors (Lipinski definition) is 2. The topological polar surface area (TPSA) is 81.6 Å². The second-order valence-corrected chi connectivity index (χ2v) is 8.21. The van der Waals surface area contributed by atoms with Crippen LogP contribution < -0.4 is 10.2 Å². The van der Waals surface area contributed by atoms with E-state index in [1.165, 1.54) is 31.4 Å². The first-order valence-electron chi connectivity index (χ1n) is 9.95. The number of rotatable bonds is 4. The lowest BCUT2D eigenvalue weighted by molar-refractivity contribution is 0.0822. The van der Waals surface area contributed by atoms with Crippen molar-refractivity contribution >= 4 is 11.7 Å². The molecule has 1 aromatic heterocycles. The summed E-state index contributed by atoms with van der Waals surface area (Å²) >= 11 is 0. The summed E-state index contributed by atoms with van der Waals surface area (Å²) in [7, 11) is 4.80. The lowest BCUT2D eigenvalue weighted by Gasteiger charge is -2.38. The predicted octanol–water partition coefficient (Wildman–Crippen LogP) is 2.36. The predicted molar refractivity (Wildman–Crippen MR) is 109 cm³/mol. The molecule has 2 fully saturated rings. The number of nitrogens with one attached hydrogen (secondary N) is 1. The Morgan fingerprint density at radius 3 is 2.63 bits per heavy atom. The Morgan fingerprint density at radius 1 is 1.20 bits per heavy atom. The van der Waals surface area contributed by atoms with Gasteiger partial charge in [-0.25, -0.2) is 13.8 Å². The van der Waals surface area contributed by atoms with Gasteiger partial charge in [0, 0.05) is 38.8 Å². The molecule has 1 amide bonds. The van der Waals surface area contributed by atoms with Gasteiger partial charge < -0.3 is 20.2 Å². The molecule has 2 aliphatic heterocycles. The van der Waals surface area contributed by atoms with E-state index in [2.05, 4.69) is 15.3 Å². The minimum Gasteiger partial charge on any atom is -0.507 e. The van der Waals surface area contributed by atoms with Gasteiger partial charge in [-0.3, -0.25) is 9.78 Å². The number of carbonyl (C=O) groups excluding carboxylic acids is 1. The van der Waals surface area contributed by atoms with Gasteiger partial charge in [0.1, 0.15) is 23.6 Å². The van der Waals surface area contributed by atoms with Crippen molar-refractivity contribution in [1.29, 1.82) is 0 Å². The van der Waals surface area contributed by atoms with E-state index in [-0.39, 0.29) is 34.7 Å². The lowest BCUT2D eigenvalue weighted by Crippen LogP contribution is -2.55. The van der Waals surface area contributed by atoms with Crippen LogP contribution in [0.2, 0.25) is 0 Å². The van der Waals surface area contributed by atoms with E-state index in [4.69, 9.17) is 0 Å². The molecule has 30 heavy (non-hydrogen) atoms. The first-order chi connectivity index (χ1) is 14.3. The summed E-state index contributed by atoms with van der Waals surface area (Å²) in [5, 5.41) is 13.6. The normalized spacial score (nSPS) is 25.2. The molecular weight excluding hydrogens is 392 g/mol. The number of alkyl halides is 1. The highest BCUT2D eigenvalue weighted by Crippen LogP contribution is 2.34. The molecule has 0 saturated carbocycles. The third-order valence-corrected chi connectivity index (χ3v) is 6.05. The minimum absolute atomic E-state index is 0.119. The van der Waals surface area contributed by atoms with Crippen LogP contribution in [0.4, 0.5) is 14.6 Å². The summed E-state index contributed by atoms with van der Waals surface area (Å²) in [5.74, 6) is -1.06. The number of aromatic hydroxyl groups is 1. The number of aromatic nitrogens is 2. The molecule has 160 valence electrons. The van der Waals surface area contributed by atoms with Crippen LogP contribution >= 0.6 is 0 Å². The maximum Gasteiger partial charge on any atom is 0.256 e. The van der Waals surface area contributed by atoms with Gasteiger partial charge in [-0.1, -0.05) is 0 Å². The van der Waals surface area contributed by atoms with Crippen molar-refractivity contribution in [1.82, 2.24) is 20.2 Å². The van der Waals surface area contributed by atoms with Gasteiger partial charge in [0.2, 0.25) is 0 Å². The summed E-state index contributed by atoms with van der Waals surface area (Å²) in [6.45, 7) is 0. The largest absolute Gasteiger partial charge is 0.507 e. The van der Waals surface area contributed by atoms with Crippen molar-refractivity contribution in [3.63, 3.8) is 0 Å². The van der Waals surface area contributed by atoms with Crippen LogP contribution in [-0.4, -0.2) is 71.3 Å². The number of phenolic OH excluding ortho intramolecular Hbond substituents is 1. The fourth-order valence-corrected chi connectivity index (χ4v) is 4.33. The smallest absolute Gasteiger partial charge is 0.256 e. The average molecular weight is 417 g/mol. The zero-order valence-electron chi connectivity index (χ0n) is 17.1. The number of benzene rings is 1. The summed E-state index contributed by atoms with van der Waals surface area (Å²) in [6, 6.07) is 2.08. The van der Waals surface area contributed by atoms with Crippen molar-refractivity contribution < 1.29 is 18.7 Å². The van der Waals surface area contributed by atoms with Crippen LogP contribution in [0, 0.1) is 5.82 Å². The number of carbonyl (C=O) groups is 1. The first kappa shape index (κ1) is 20.5. The zero-order valence-corrected chi connectivity index (χ0v) is 17.1. The number of phenols is 1. The molecule has 2 saturated heterocycles. The van der Waals surface area contributed by atoms with E-state index in [0.717, 1.165) is 25.0 Å². The van der Waals surface area contributed by atoms with Crippen molar-refractivity contribution in [3.8, 4) is 17.0 Å². The minimum atomic E-state index is -0.991. The van der Waals surface area contributed by atoms with Gasteiger partial charge in [0.15, 0.2) is 0 Å². The fraction of sp³-hybridized carbons (Fsp3) is 0.476. The quantitative estimate of drug-likeness (QED) is 0.795. The highest BCUT2D eigenvalue weighted by atomic mass is 19.1. The number of hydrogen-bond acceptors (Lipinski definition) is 6. The van der Waals surface area contributed by atoms with E-state index in [0.29, 0.717) is 18.3 Å². The van der Waals surface area contributed by atoms with Gasteiger partial charge in [-0.2, -0.15) is 0 Å². The second kappa shape index (κ2) is 7.79. The van der Waals surface area contributed by atoms with Crippen LogP contribution in [0.5, 0.6) is 5.75 Å². The molecule has 0 spiro atoms. The van der Waals surface area contributed by atoms with Crippen LogP contribution in [0.3, 0.4) is 0 Å². The summed E-state index contributed by atoms with van der Waals surface area (Å²) in [5.41, 5.74) is 0.169. The van der Waals surface area contributed by atoms with Crippen LogP contribution in [0.1, 0.15) is 29.6 Å². The van der Waals surface area contributed by atoms with E-state index in [1.807, 2.05) is 0 Å². The van der Waals surface area contributed by atoms with Gasteiger partial charge in [0.25, 0.3) is 5.91 Å². The maximum atomic E-state index is 14.8. The van der Waals surface area contributed by atoms with E-state index in [9.17, 15) is 18.7 Å². The Kier molecular flexibility index (Phi) is 5.31. The maximum absolute atomic E-state index is 14.8. The Labute approximate surface area is 173 Å². The summed E-state index contributed by atoms with van der Waals surface area (Å²) < 4.78 is 29.3. The molecular formula is C21H25F2N5O2. The van der Waals surface area contributed by atoms with Crippen molar-refractivity contribution in [3.05, 3.63) is 35.9 Å². The highest BCUT2D eigenvalue weighted by molar-refractivity contribution is 5.95. The summed E-state index contributed by atoms with van der Waals surface area (Å²) in [4.78, 5) is 23.7. The molecule has 2 bridgehead atoms.